The summed E-state index contributed by atoms with van der Waals surface area (Å²) in [6.45, 7) is 6.68. The first-order valence-electron chi connectivity index (χ1n) is 11.6. The fraction of sp³-hybridized carbons (Fsp3) is 0.462. The van der Waals surface area contributed by atoms with Gasteiger partial charge in [0.15, 0.2) is 5.96 Å². The minimum Gasteiger partial charge on any atom is -0.372 e. The van der Waals surface area contributed by atoms with Crippen molar-refractivity contribution in [3.8, 4) is 0 Å². The van der Waals surface area contributed by atoms with Gasteiger partial charge in [-0.2, -0.15) is 0 Å². The highest BCUT2D eigenvalue weighted by molar-refractivity contribution is 5.80. The van der Waals surface area contributed by atoms with Crippen LogP contribution >= 0.6 is 0 Å². The Morgan fingerprint density at radius 2 is 1.62 bits per heavy atom. The maximum Gasteiger partial charge on any atom is 0.220 e. The van der Waals surface area contributed by atoms with Gasteiger partial charge < -0.3 is 20.3 Å². The van der Waals surface area contributed by atoms with Crippen LogP contribution in [0.4, 0.5) is 0 Å². The monoisotopic (exact) mass is 436 g/mol. The molecule has 0 aliphatic carbocycles. The van der Waals surface area contributed by atoms with Crippen molar-refractivity contribution in [1.29, 1.82) is 0 Å². The first-order chi connectivity index (χ1) is 15.7. The van der Waals surface area contributed by atoms with Gasteiger partial charge >= 0.3 is 0 Å². The predicted molar refractivity (Wildman–Crippen MR) is 129 cm³/mol. The Kier molecular flexibility index (Phi) is 9.57. The van der Waals surface area contributed by atoms with Crippen LogP contribution in [0.15, 0.2) is 59.6 Å². The van der Waals surface area contributed by atoms with Crippen LogP contribution in [0.2, 0.25) is 0 Å². The van der Waals surface area contributed by atoms with Crippen molar-refractivity contribution in [2.75, 3.05) is 26.7 Å². The average molecular weight is 437 g/mol. The number of carbonyl (C=O) groups excluding carboxylic acids is 1. The molecule has 32 heavy (non-hydrogen) atoms. The van der Waals surface area contributed by atoms with E-state index in [1.165, 1.54) is 16.7 Å². The summed E-state index contributed by atoms with van der Waals surface area (Å²) in [6, 6.07) is 18.7. The lowest BCUT2D eigenvalue weighted by molar-refractivity contribution is -0.121. The Hall–Kier alpha value is -2.86. The van der Waals surface area contributed by atoms with Crippen LogP contribution in [-0.2, 0) is 29.3 Å². The highest BCUT2D eigenvalue weighted by Gasteiger charge is 2.23. The summed E-state index contributed by atoms with van der Waals surface area (Å²) >= 11 is 0. The maximum absolute atomic E-state index is 11.6. The molecule has 3 rings (SSSR count). The van der Waals surface area contributed by atoms with Crippen molar-refractivity contribution in [3.05, 3.63) is 71.3 Å². The lowest BCUT2D eigenvalue weighted by Gasteiger charge is -2.34. The molecule has 1 saturated heterocycles. The van der Waals surface area contributed by atoms with Crippen LogP contribution in [0.1, 0.15) is 42.9 Å². The van der Waals surface area contributed by atoms with E-state index in [2.05, 4.69) is 58.9 Å². The number of amides is 1. The largest absolute Gasteiger partial charge is 0.372 e. The molecule has 0 atom stereocenters. The Labute approximate surface area is 192 Å². The van der Waals surface area contributed by atoms with Gasteiger partial charge in [-0.3, -0.25) is 4.79 Å². The highest BCUT2D eigenvalue weighted by Crippen LogP contribution is 2.20. The normalized spacial score (nSPS) is 14.9. The molecule has 6 heteroatoms. The van der Waals surface area contributed by atoms with Crippen LogP contribution in [0.3, 0.4) is 0 Å². The predicted octanol–water partition coefficient (Wildman–Crippen LogP) is 3.72. The Bertz CT molecular complexity index is 844. The molecule has 1 aliphatic rings. The van der Waals surface area contributed by atoms with E-state index >= 15 is 0 Å². The molecule has 0 aromatic heterocycles. The standard InChI is InChI=1S/C26H36N4O2/c1-3-28-26(30-15-13-21(14-16-30)17-25(31)27-2)29-18-22-9-11-24(12-10-22)20-32-19-23-7-5-4-6-8-23/h4-12,21H,3,13-20H2,1-2H3,(H,27,31)(H,28,29). The second-order valence-electron chi connectivity index (χ2n) is 8.27. The van der Waals surface area contributed by atoms with Gasteiger partial charge in [-0.1, -0.05) is 54.6 Å². The van der Waals surface area contributed by atoms with Gasteiger partial charge in [-0.05, 0) is 42.4 Å². The molecule has 0 radical (unpaired) electrons. The zero-order chi connectivity index (χ0) is 22.6. The Morgan fingerprint density at radius 3 is 2.25 bits per heavy atom. The van der Waals surface area contributed by atoms with Crippen molar-refractivity contribution < 1.29 is 9.53 Å². The fourth-order valence-corrected chi connectivity index (χ4v) is 3.91. The molecule has 1 aliphatic heterocycles. The number of rotatable bonds is 9. The maximum atomic E-state index is 11.6. The number of benzene rings is 2. The fourth-order valence-electron chi connectivity index (χ4n) is 3.91. The number of hydrogen-bond donors (Lipinski definition) is 2. The number of guanidine groups is 1. The molecule has 2 aromatic rings. The van der Waals surface area contributed by atoms with Crippen LogP contribution in [0, 0.1) is 5.92 Å². The van der Waals surface area contributed by atoms with Crippen LogP contribution in [-0.4, -0.2) is 43.4 Å². The molecule has 6 nitrogen and oxygen atoms in total. The van der Waals surface area contributed by atoms with Gasteiger partial charge in [0.25, 0.3) is 0 Å². The highest BCUT2D eigenvalue weighted by atomic mass is 16.5. The molecule has 1 fully saturated rings. The van der Waals surface area contributed by atoms with Gasteiger partial charge in [0.2, 0.25) is 5.91 Å². The quantitative estimate of drug-likeness (QED) is 0.465. The van der Waals surface area contributed by atoms with Crippen LogP contribution in [0.25, 0.3) is 0 Å². The van der Waals surface area contributed by atoms with Gasteiger partial charge in [0.05, 0.1) is 19.8 Å². The number of piperidine rings is 1. The second-order valence-corrected chi connectivity index (χ2v) is 8.27. The van der Waals surface area contributed by atoms with Gasteiger partial charge in [-0.25, -0.2) is 4.99 Å². The SMILES string of the molecule is CCNC(=NCc1ccc(COCc2ccccc2)cc1)N1CCC(CC(=O)NC)CC1. The molecule has 2 aromatic carbocycles. The summed E-state index contributed by atoms with van der Waals surface area (Å²) in [7, 11) is 1.71. The van der Waals surface area contributed by atoms with E-state index < -0.39 is 0 Å². The third-order valence-corrected chi connectivity index (χ3v) is 5.82. The Morgan fingerprint density at radius 1 is 1.00 bits per heavy atom. The molecule has 1 heterocycles. The summed E-state index contributed by atoms with van der Waals surface area (Å²) < 4.78 is 5.83. The molecule has 1 amide bonds. The molecule has 0 spiro atoms. The number of hydrogen-bond acceptors (Lipinski definition) is 3. The van der Waals surface area contributed by atoms with Crippen LogP contribution < -0.4 is 10.6 Å². The first kappa shape index (κ1) is 23.8. The van der Waals surface area contributed by atoms with Crippen LogP contribution in [0.5, 0.6) is 0 Å². The molecule has 0 unspecified atom stereocenters. The number of likely N-dealkylation sites (tertiary alicyclic amines) is 1. The van der Waals surface area contributed by atoms with E-state index in [0.29, 0.717) is 32.1 Å². The van der Waals surface area contributed by atoms with Crippen molar-refractivity contribution in [2.24, 2.45) is 10.9 Å². The minimum atomic E-state index is 0.137. The molecular formula is C26H36N4O2. The van der Waals surface area contributed by atoms with Crippen molar-refractivity contribution >= 4 is 11.9 Å². The second kappa shape index (κ2) is 12.9. The number of nitrogens with zero attached hydrogens (tertiary/aromatic N) is 2. The van der Waals surface area contributed by atoms with E-state index in [0.717, 1.165) is 38.4 Å². The lowest BCUT2D eigenvalue weighted by atomic mass is 9.93. The zero-order valence-electron chi connectivity index (χ0n) is 19.3. The topological polar surface area (TPSA) is 66.0 Å². The number of aliphatic imine (C=N–C) groups is 1. The van der Waals surface area contributed by atoms with E-state index in [4.69, 9.17) is 9.73 Å². The number of nitrogens with one attached hydrogen (secondary N) is 2. The third-order valence-electron chi connectivity index (χ3n) is 5.82. The summed E-state index contributed by atoms with van der Waals surface area (Å²) in [5.41, 5.74) is 3.53. The van der Waals surface area contributed by atoms with E-state index in [1.807, 2.05) is 18.2 Å². The smallest absolute Gasteiger partial charge is 0.220 e. The third kappa shape index (κ3) is 7.68. The lowest BCUT2D eigenvalue weighted by Crippen LogP contribution is -2.46. The number of carbonyl (C=O) groups is 1. The average Bonchev–Trinajstić information content (AvgIpc) is 2.84. The molecule has 2 N–H and O–H groups in total. The molecular weight excluding hydrogens is 400 g/mol. The van der Waals surface area contributed by atoms with Crippen molar-refractivity contribution in [2.45, 2.75) is 45.9 Å². The van der Waals surface area contributed by atoms with Crippen molar-refractivity contribution in [3.63, 3.8) is 0 Å². The first-order valence-corrected chi connectivity index (χ1v) is 11.6. The summed E-state index contributed by atoms with van der Waals surface area (Å²) in [5, 5.41) is 6.15. The van der Waals surface area contributed by atoms with E-state index in [9.17, 15) is 4.79 Å². The summed E-state index contributed by atoms with van der Waals surface area (Å²) in [4.78, 5) is 18.8. The Balaban J connectivity index is 1.47. The summed E-state index contributed by atoms with van der Waals surface area (Å²) in [6.07, 6.45) is 2.67. The zero-order valence-corrected chi connectivity index (χ0v) is 19.3. The van der Waals surface area contributed by atoms with Gasteiger partial charge in [0.1, 0.15) is 0 Å². The van der Waals surface area contributed by atoms with Crippen molar-refractivity contribution in [1.82, 2.24) is 15.5 Å². The number of ether oxygens (including phenoxy) is 1. The molecule has 0 saturated carbocycles. The minimum absolute atomic E-state index is 0.137. The van der Waals surface area contributed by atoms with E-state index in [-0.39, 0.29) is 5.91 Å². The van der Waals surface area contributed by atoms with Gasteiger partial charge in [0, 0.05) is 33.1 Å². The molecule has 172 valence electrons. The summed E-state index contributed by atoms with van der Waals surface area (Å²) in [5.74, 6) is 1.56. The van der Waals surface area contributed by atoms with E-state index in [1.54, 1.807) is 7.05 Å². The molecule has 0 bridgehead atoms. The van der Waals surface area contributed by atoms with Gasteiger partial charge in [-0.15, -0.1) is 0 Å².